The number of hydrogen-bond donors (Lipinski definition) is 9. The van der Waals surface area contributed by atoms with Crippen molar-refractivity contribution in [1.82, 2.24) is 25.0 Å². The Morgan fingerprint density at radius 2 is 1.25 bits per heavy atom. The fourth-order valence-electron chi connectivity index (χ4n) is 10.0. The van der Waals surface area contributed by atoms with Gasteiger partial charge < -0.3 is 55.3 Å². The maximum atomic E-state index is 13.2. The number of ether oxygens (including phenoxy) is 1. The van der Waals surface area contributed by atoms with E-state index in [1.165, 1.54) is 12.1 Å². The van der Waals surface area contributed by atoms with Gasteiger partial charge in [0.05, 0.1) is 25.7 Å². The highest BCUT2D eigenvalue weighted by Gasteiger charge is 2.32. The summed E-state index contributed by atoms with van der Waals surface area (Å²) in [7, 11) is -4.67. The largest absolute Gasteiger partial charge is 0.480 e. The summed E-state index contributed by atoms with van der Waals surface area (Å²) >= 11 is 0. The molecule has 24 nitrogen and oxygen atoms in total. The van der Waals surface area contributed by atoms with Gasteiger partial charge in [-0.15, -0.1) is 0 Å². The molecule has 0 spiro atoms. The van der Waals surface area contributed by atoms with Crippen molar-refractivity contribution in [2.45, 2.75) is 81.2 Å². The summed E-state index contributed by atoms with van der Waals surface area (Å²) in [6.07, 6.45) is 3.72. The van der Waals surface area contributed by atoms with Crippen LogP contribution < -0.4 is 25.5 Å². The number of anilines is 1. The molecule has 2 aromatic rings. The number of carboxylic acids is 5. The van der Waals surface area contributed by atoms with Crippen LogP contribution in [0.5, 0.6) is 0 Å². The number of aliphatic hydroxyl groups is 1. The number of amides is 2. The summed E-state index contributed by atoms with van der Waals surface area (Å²) in [5.74, 6) is -6.95. The molecule has 6 rings (SSSR count). The highest BCUT2D eigenvalue weighted by Crippen LogP contribution is 2.43. The number of piperidine rings is 2. The predicted molar refractivity (Wildman–Crippen MR) is 272 cm³/mol. The van der Waals surface area contributed by atoms with Crippen LogP contribution in [0.25, 0.3) is 33.4 Å². The summed E-state index contributed by atoms with van der Waals surface area (Å²) in [6.45, 7) is -0.521. The van der Waals surface area contributed by atoms with Crippen molar-refractivity contribution in [3.63, 3.8) is 0 Å². The molecule has 0 aromatic heterocycles. The van der Waals surface area contributed by atoms with Crippen molar-refractivity contribution < 1.29 is 86.3 Å². The van der Waals surface area contributed by atoms with E-state index < -0.39 is 78.5 Å². The average Bonchev–Trinajstić information content (AvgIpc) is 3.39. The lowest BCUT2D eigenvalue weighted by molar-refractivity contribution is -0.154. The van der Waals surface area contributed by atoms with Gasteiger partial charge in [0.25, 0.3) is 10.1 Å². The zero-order chi connectivity index (χ0) is 55.1. The third-order valence-corrected chi connectivity index (χ3v) is 14.7. The Bertz CT molecular complexity index is 2880. The number of carboxylic acid groups (broad SMARTS) is 5. The third kappa shape index (κ3) is 15.8. The summed E-state index contributed by atoms with van der Waals surface area (Å²) in [5, 5.41) is 63.1. The fourth-order valence-corrected chi connectivity index (χ4v) is 10.7. The minimum absolute atomic E-state index is 0.00623. The van der Waals surface area contributed by atoms with Crippen LogP contribution in [0.15, 0.2) is 70.0 Å². The first-order valence-corrected chi connectivity index (χ1v) is 26.4. The fraction of sp³-hybridized carbons (Fsp3) is 0.490. The average molecular weight is 1080 g/mol. The van der Waals surface area contributed by atoms with Gasteiger partial charge >= 0.3 is 29.8 Å². The third-order valence-electron chi connectivity index (χ3n) is 13.8. The number of fused-ring (bicyclic) bond motifs is 2. The maximum absolute atomic E-state index is 13.2. The van der Waals surface area contributed by atoms with E-state index in [0.29, 0.717) is 112 Å². The normalized spacial score (nSPS) is 16.2. The molecule has 0 radical (unpaired) electrons. The molecule has 1 aliphatic carbocycles. The number of carbonyl (C=O) groups is 7. The number of carbonyl (C=O) groups excluding carboxylic acids is 2. The molecule has 2 amide bonds. The van der Waals surface area contributed by atoms with Crippen molar-refractivity contribution in [2.75, 3.05) is 77.3 Å². The van der Waals surface area contributed by atoms with Crippen molar-refractivity contribution >= 4 is 68.4 Å². The molecule has 2 unspecified atom stereocenters. The Morgan fingerprint density at radius 3 is 1.80 bits per heavy atom. The molecule has 25 heteroatoms. The zero-order valence-electron chi connectivity index (χ0n) is 41.8. The Labute approximate surface area is 437 Å². The number of aliphatic hydroxyl groups excluding tert-OH is 1. The number of hydrogen-bond acceptors (Lipinski definition) is 15. The van der Waals surface area contributed by atoms with E-state index in [9.17, 15) is 61.9 Å². The van der Waals surface area contributed by atoms with Gasteiger partial charge in [-0.2, -0.15) is 8.42 Å². The van der Waals surface area contributed by atoms with E-state index in [1.54, 1.807) is 12.1 Å². The number of aliphatic carboxylic acids is 5. The van der Waals surface area contributed by atoms with Crippen LogP contribution in [0.4, 0.5) is 5.69 Å². The molecular formula is C51H65N6O18S+. The molecule has 76 heavy (non-hydrogen) atoms. The van der Waals surface area contributed by atoms with Gasteiger partial charge in [0, 0.05) is 90.8 Å². The first kappa shape index (κ1) is 58.2. The first-order valence-electron chi connectivity index (χ1n) is 25.0. The molecule has 3 heterocycles. The van der Waals surface area contributed by atoms with Crippen LogP contribution >= 0.6 is 0 Å². The second-order valence-electron chi connectivity index (χ2n) is 18.9. The van der Waals surface area contributed by atoms with Gasteiger partial charge in [-0.1, -0.05) is 18.2 Å². The van der Waals surface area contributed by atoms with Crippen molar-refractivity contribution in [2.24, 2.45) is 11.8 Å². The molecule has 4 aliphatic rings. The number of benzene rings is 3. The van der Waals surface area contributed by atoms with Crippen LogP contribution in [0.1, 0.15) is 64.2 Å². The van der Waals surface area contributed by atoms with E-state index in [0.717, 1.165) is 20.8 Å². The highest BCUT2D eigenvalue weighted by atomic mass is 32.2. The summed E-state index contributed by atoms with van der Waals surface area (Å²) < 4.78 is 49.5. The topological polar surface area (TPSA) is 354 Å². The number of nitrogens with one attached hydrogen (secondary N) is 2. The molecule has 3 aliphatic heterocycles. The molecule has 0 bridgehead atoms. The van der Waals surface area contributed by atoms with Crippen LogP contribution in [0, 0.1) is 11.8 Å². The zero-order valence-corrected chi connectivity index (χ0v) is 42.6. The SMILES string of the molecule is O=C(O)CN(COCO)C(CCCCNC(=O)C1CC[N+](=c2ccc3c(-c4ccccc4S(=O)(=O)O)c4ccc(N5CCC(C(=O)NCCCCC(C(=O)O)N(CC(=O)O)CC(=O)O)CC5)cc4oc-3c2)CC1)C(=O)O. The molecule has 2 atom stereocenters. The molecule has 9 N–H and O–H groups in total. The van der Waals surface area contributed by atoms with Gasteiger partial charge in [-0.3, -0.25) is 47.9 Å². The predicted octanol–water partition coefficient (Wildman–Crippen LogP) is 2.11. The van der Waals surface area contributed by atoms with Gasteiger partial charge in [-0.25, -0.2) is 4.58 Å². The lowest BCUT2D eigenvalue weighted by Crippen LogP contribution is -2.46. The van der Waals surface area contributed by atoms with Gasteiger partial charge in [0.1, 0.15) is 54.9 Å². The van der Waals surface area contributed by atoms with Gasteiger partial charge in [0.2, 0.25) is 17.2 Å². The van der Waals surface area contributed by atoms with E-state index in [1.807, 2.05) is 36.4 Å². The molecule has 0 saturated carbocycles. The minimum atomic E-state index is -4.67. The highest BCUT2D eigenvalue weighted by molar-refractivity contribution is 7.86. The second kappa shape index (κ2) is 27.1. The number of nitrogens with zero attached hydrogens (tertiary/aromatic N) is 4. The summed E-state index contributed by atoms with van der Waals surface area (Å²) in [4.78, 5) is 87.8. The number of rotatable bonds is 28. The Balaban J connectivity index is 1.11. The van der Waals surface area contributed by atoms with Crippen LogP contribution in [0.2, 0.25) is 0 Å². The molecule has 2 aromatic carbocycles. The summed E-state index contributed by atoms with van der Waals surface area (Å²) in [5.41, 5.74) is 2.61. The van der Waals surface area contributed by atoms with Gasteiger partial charge in [0.15, 0.2) is 0 Å². The number of unbranched alkanes of at least 4 members (excludes halogenated alkanes) is 2. The molecular weight excluding hydrogens is 1020 g/mol. The van der Waals surface area contributed by atoms with Crippen LogP contribution in [0.3, 0.4) is 0 Å². The maximum Gasteiger partial charge on any atom is 0.321 e. The first-order chi connectivity index (χ1) is 36.2. The van der Waals surface area contributed by atoms with Crippen LogP contribution in [-0.4, -0.2) is 180 Å². The van der Waals surface area contributed by atoms with E-state index in [4.69, 9.17) is 24.5 Å². The van der Waals surface area contributed by atoms with E-state index >= 15 is 0 Å². The van der Waals surface area contributed by atoms with Crippen molar-refractivity contribution in [3.05, 3.63) is 66.0 Å². The summed E-state index contributed by atoms with van der Waals surface area (Å²) in [6, 6.07) is 14.9. The minimum Gasteiger partial charge on any atom is -0.480 e. The Hall–Kier alpha value is -7.03. The van der Waals surface area contributed by atoms with E-state index in [2.05, 4.69) is 20.1 Å². The van der Waals surface area contributed by atoms with E-state index in [-0.39, 0.29) is 60.2 Å². The molecule has 2 fully saturated rings. The molecule has 412 valence electrons. The second-order valence-corrected chi connectivity index (χ2v) is 20.3. The lowest BCUT2D eigenvalue weighted by Gasteiger charge is -2.33. The smallest absolute Gasteiger partial charge is 0.321 e. The Morgan fingerprint density at radius 1 is 0.697 bits per heavy atom. The van der Waals surface area contributed by atoms with Crippen molar-refractivity contribution in [3.8, 4) is 22.5 Å². The van der Waals surface area contributed by atoms with Gasteiger partial charge in [-0.05, 0) is 75.6 Å². The Kier molecular flexibility index (Phi) is 20.8. The standard InChI is InChI=1S/C51H64N6O18S/c58-31-74-30-57(29-46(63)64)40(51(69)70)9-4-6-20-53-49(66)33-17-23-55(24-18-33)35-12-14-37-42(26-35)75-41-25-34(11-13-36(41)47(37)38-7-1-2-10-43(38)76(71,72)73)54-21-15-32(16-22-54)48(65)52-19-5-3-8-39(50(67)68)56(27-44(59)60)28-45(61)62/h1-2,7,10-14,25-26,32-33,39-40,58H,3-6,8-9,15-24,27-31H2,(H7-,52,53,59,60,61,62,63,64,65,66,67,68,69,70,71,72,73)/p+1. The van der Waals surface area contributed by atoms with Crippen molar-refractivity contribution in [1.29, 1.82) is 0 Å². The van der Waals surface area contributed by atoms with Crippen LogP contribution in [-0.2, 0) is 48.4 Å². The quantitative estimate of drug-likeness (QED) is 0.0129. The monoisotopic (exact) mass is 1080 g/mol. The molecule has 2 saturated heterocycles. The lowest BCUT2D eigenvalue weighted by atomic mass is 9.92.